The lowest BCUT2D eigenvalue weighted by Gasteiger charge is -2.35. The fourth-order valence-electron chi connectivity index (χ4n) is 4.78. The molecule has 1 atom stereocenters. The van der Waals surface area contributed by atoms with E-state index in [0.717, 1.165) is 17.5 Å². The third-order valence-electron chi connectivity index (χ3n) is 6.57. The summed E-state index contributed by atoms with van der Waals surface area (Å²) in [5, 5.41) is 2.57. The van der Waals surface area contributed by atoms with Gasteiger partial charge in [0.15, 0.2) is 5.58 Å². The average Bonchev–Trinajstić information content (AvgIpc) is 3.27. The second-order valence-electron chi connectivity index (χ2n) is 8.84. The number of furan rings is 1. The number of pyridine rings is 1. The Labute approximate surface area is 202 Å². The third kappa shape index (κ3) is 4.18. The van der Waals surface area contributed by atoms with Crippen LogP contribution in [0.4, 0.5) is 10.1 Å². The van der Waals surface area contributed by atoms with Crippen molar-refractivity contribution in [3.8, 4) is 11.3 Å². The van der Waals surface area contributed by atoms with E-state index in [1.165, 1.54) is 18.6 Å². The number of carbonyl (C=O) groups is 2. The highest BCUT2D eigenvalue weighted by atomic mass is 19.1. The molecule has 1 aliphatic heterocycles. The Morgan fingerprint density at radius 3 is 2.71 bits per heavy atom. The average molecular weight is 472 g/mol. The van der Waals surface area contributed by atoms with Gasteiger partial charge in [-0.3, -0.25) is 9.59 Å². The zero-order chi connectivity index (χ0) is 24.7. The van der Waals surface area contributed by atoms with E-state index < -0.39 is 5.82 Å². The summed E-state index contributed by atoms with van der Waals surface area (Å²) in [6, 6.07) is 16.0. The van der Waals surface area contributed by atoms with Crippen LogP contribution in [-0.2, 0) is 17.6 Å². The molecule has 2 amide bonds. The van der Waals surface area contributed by atoms with E-state index in [9.17, 15) is 14.0 Å². The van der Waals surface area contributed by atoms with E-state index in [1.54, 1.807) is 24.3 Å². The zero-order valence-electron chi connectivity index (χ0n) is 19.9. The molecule has 5 rings (SSSR count). The van der Waals surface area contributed by atoms with E-state index in [2.05, 4.69) is 22.4 Å². The van der Waals surface area contributed by atoms with Gasteiger partial charge in [0.2, 0.25) is 5.91 Å². The Bertz CT molecular complexity index is 1460. The largest absolute Gasteiger partial charge is 0.454 e. The highest BCUT2D eigenvalue weighted by Gasteiger charge is 2.29. The molecule has 2 aromatic carbocycles. The van der Waals surface area contributed by atoms with Gasteiger partial charge >= 0.3 is 0 Å². The number of halogens is 1. The highest BCUT2D eigenvalue weighted by molar-refractivity contribution is 5.96. The minimum atomic E-state index is -0.523. The van der Waals surface area contributed by atoms with E-state index in [0.29, 0.717) is 41.2 Å². The minimum absolute atomic E-state index is 0.0499. The van der Waals surface area contributed by atoms with Gasteiger partial charge in [0.05, 0.1) is 11.6 Å². The van der Waals surface area contributed by atoms with Crippen molar-refractivity contribution in [3.63, 3.8) is 0 Å². The molecule has 35 heavy (non-hydrogen) atoms. The molecule has 0 aliphatic carbocycles. The van der Waals surface area contributed by atoms with Gasteiger partial charge in [-0.25, -0.2) is 9.37 Å². The van der Waals surface area contributed by atoms with E-state index in [4.69, 9.17) is 4.42 Å². The van der Waals surface area contributed by atoms with Crippen molar-refractivity contribution < 1.29 is 18.4 Å². The summed E-state index contributed by atoms with van der Waals surface area (Å²) in [5.74, 6) is -0.608. The second-order valence-corrected chi connectivity index (χ2v) is 8.84. The summed E-state index contributed by atoms with van der Waals surface area (Å²) in [6.45, 7) is 6.01. The maximum absolute atomic E-state index is 14.8. The van der Waals surface area contributed by atoms with Crippen LogP contribution in [0.5, 0.6) is 0 Å². The molecule has 0 saturated carbocycles. The standard InChI is InChI=1S/C28H26FN3O3/c1-4-18-13-25(28(34)32-12-11-19-7-5-6-8-21(19)16(32)2)31-24-15-26(35-27(18)24)22-10-9-20(14-23(22)29)30-17(3)33/h5-10,13-16H,4,11-12H2,1-3H3,(H,30,33). The van der Waals surface area contributed by atoms with Crippen molar-refractivity contribution in [2.24, 2.45) is 0 Å². The Kier molecular flexibility index (Phi) is 5.84. The lowest BCUT2D eigenvalue weighted by atomic mass is 9.93. The summed E-state index contributed by atoms with van der Waals surface area (Å²) in [4.78, 5) is 31.3. The van der Waals surface area contributed by atoms with E-state index in [1.807, 2.05) is 30.9 Å². The maximum Gasteiger partial charge on any atom is 0.273 e. The van der Waals surface area contributed by atoms with Crippen LogP contribution in [0.15, 0.2) is 59.0 Å². The first-order valence-electron chi connectivity index (χ1n) is 11.8. The van der Waals surface area contributed by atoms with Crippen LogP contribution in [0.1, 0.15) is 54.0 Å². The fraction of sp³-hybridized carbons (Fsp3) is 0.250. The molecule has 1 N–H and O–H groups in total. The topological polar surface area (TPSA) is 75.4 Å². The van der Waals surface area contributed by atoms with Gasteiger partial charge in [0, 0.05) is 25.2 Å². The predicted molar refractivity (Wildman–Crippen MR) is 133 cm³/mol. The number of aryl methyl sites for hydroxylation is 1. The molecule has 0 radical (unpaired) electrons. The molecule has 4 aromatic rings. The van der Waals surface area contributed by atoms with Crippen LogP contribution >= 0.6 is 0 Å². The molecule has 6 nitrogen and oxygen atoms in total. The molecule has 1 unspecified atom stereocenters. The number of carbonyl (C=O) groups excluding carboxylic acids is 2. The van der Waals surface area contributed by atoms with Crippen molar-refractivity contribution in [2.45, 2.75) is 39.7 Å². The number of rotatable bonds is 4. The van der Waals surface area contributed by atoms with Gasteiger partial charge in [-0.15, -0.1) is 0 Å². The number of hydrogen-bond donors (Lipinski definition) is 1. The van der Waals surface area contributed by atoms with Crippen LogP contribution < -0.4 is 5.32 Å². The fourth-order valence-corrected chi connectivity index (χ4v) is 4.78. The second kappa shape index (κ2) is 8.98. The van der Waals surface area contributed by atoms with Crippen LogP contribution in [0.3, 0.4) is 0 Å². The van der Waals surface area contributed by atoms with Crippen LogP contribution in [0, 0.1) is 5.82 Å². The SMILES string of the molecule is CCc1cc(C(=O)N2CCc3ccccc3C2C)nc2cc(-c3ccc(NC(C)=O)cc3F)oc12. The molecule has 0 fully saturated rings. The molecule has 0 saturated heterocycles. The first-order chi connectivity index (χ1) is 16.9. The molecule has 178 valence electrons. The molecule has 1 aliphatic rings. The molecule has 2 aromatic heterocycles. The quantitative estimate of drug-likeness (QED) is 0.401. The lowest BCUT2D eigenvalue weighted by Crippen LogP contribution is -2.39. The van der Waals surface area contributed by atoms with Crippen LogP contribution in [0.25, 0.3) is 22.4 Å². The van der Waals surface area contributed by atoms with Crippen LogP contribution in [0.2, 0.25) is 0 Å². The number of amides is 2. The Morgan fingerprint density at radius 2 is 1.97 bits per heavy atom. The Balaban J connectivity index is 1.50. The summed E-state index contributed by atoms with van der Waals surface area (Å²) >= 11 is 0. The normalized spacial score (nSPS) is 15.2. The summed E-state index contributed by atoms with van der Waals surface area (Å²) in [7, 11) is 0. The van der Waals surface area contributed by atoms with Gasteiger partial charge in [-0.2, -0.15) is 0 Å². The van der Waals surface area contributed by atoms with Crippen molar-refractivity contribution in [1.82, 2.24) is 9.88 Å². The zero-order valence-corrected chi connectivity index (χ0v) is 19.9. The molecular formula is C28H26FN3O3. The van der Waals surface area contributed by atoms with Crippen molar-refractivity contribution >= 4 is 28.6 Å². The van der Waals surface area contributed by atoms with Gasteiger partial charge in [0.1, 0.15) is 22.8 Å². The maximum atomic E-state index is 14.8. The monoisotopic (exact) mass is 471 g/mol. The molecule has 3 heterocycles. The van der Waals surface area contributed by atoms with Crippen LogP contribution in [-0.4, -0.2) is 28.2 Å². The van der Waals surface area contributed by atoms with Gasteiger partial charge in [0.25, 0.3) is 5.91 Å². The Morgan fingerprint density at radius 1 is 1.17 bits per heavy atom. The highest BCUT2D eigenvalue weighted by Crippen LogP contribution is 2.34. The van der Waals surface area contributed by atoms with E-state index in [-0.39, 0.29) is 23.4 Å². The third-order valence-corrected chi connectivity index (χ3v) is 6.57. The number of fused-ring (bicyclic) bond motifs is 2. The smallest absolute Gasteiger partial charge is 0.273 e. The number of nitrogens with one attached hydrogen (secondary N) is 1. The van der Waals surface area contributed by atoms with Crippen molar-refractivity contribution in [2.75, 3.05) is 11.9 Å². The summed E-state index contributed by atoms with van der Waals surface area (Å²) in [6.07, 6.45) is 1.44. The molecular weight excluding hydrogens is 445 g/mol. The molecule has 0 spiro atoms. The first-order valence-corrected chi connectivity index (χ1v) is 11.8. The summed E-state index contributed by atoms with van der Waals surface area (Å²) < 4.78 is 20.8. The molecule has 0 bridgehead atoms. The van der Waals surface area contributed by atoms with E-state index >= 15 is 0 Å². The van der Waals surface area contributed by atoms with Crippen molar-refractivity contribution in [1.29, 1.82) is 0 Å². The summed E-state index contributed by atoms with van der Waals surface area (Å²) in [5.41, 5.74) is 5.31. The number of benzene rings is 2. The number of hydrogen-bond acceptors (Lipinski definition) is 4. The molecule has 7 heteroatoms. The number of anilines is 1. The minimum Gasteiger partial charge on any atom is -0.454 e. The number of aromatic nitrogens is 1. The Hall–Kier alpha value is -4.00. The first kappa shape index (κ1) is 22.8. The van der Waals surface area contributed by atoms with Crippen molar-refractivity contribution in [3.05, 3.63) is 82.8 Å². The van der Waals surface area contributed by atoms with Gasteiger partial charge < -0.3 is 14.6 Å². The predicted octanol–water partition coefficient (Wildman–Crippen LogP) is 5.91. The van der Waals surface area contributed by atoms with Gasteiger partial charge in [-0.05, 0) is 60.7 Å². The number of nitrogens with zero attached hydrogens (tertiary/aromatic N) is 2. The van der Waals surface area contributed by atoms with Gasteiger partial charge in [-0.1, -0.05) is 31.2 Å². The lowest BCUT2D eigenvalue weighted by molar-refractivity contribution is -0.114.